The zero-order valence-corrected chi connectivity index (χ0v) is 19.8. The number of H-pyrrole nitrogens is 1. The molecule has 5 nitrogen and oxygen atoms in total. The fourth-order valence-corrected chi connectivity index (χ4v) is 4.81. The second-order valence-electron chi connectivity index (χ2n) is 8.21. The highest BCUT2D eigenvalue weighted by Gasteiger charge is 2.30. The first-order valence-electron chi connectivity index (χ1n) is 10.7. The molecule has 4 rings (SSSR count). The fraction of sp³-hybridized carbons (Fsp3) is 0.280. The maximum atomic E-state index is 12.8. The highest BCUT2D eigenvalue weighted by atomic mass is 32.1. The summed E-state index contributed by atoms with van der Waals surface area (Å²) < 4.78 is 38.5. The van der Waals surface area contributed by atoms with Crippen LogP contribution in [0.5, 0.6) is 0 Å². The molecule has 0 aliphatic carbocycles. The van der Waals surface area contributed by atoms with Crippen LogP contribution in [-0.4, -0.2) is 26.4 Å². The average molecular weight is 484 g/mol. The number of halogens is 3. The Bertz CT molecular complexity index is 1350. The summed E-state index contributed by atoms with van der Waals surface area (Å²) in [6.07, 6.45) is -0.0359. The molecular formula is C25H24F3N5S. The first-order valence-corrected chi connectivity index (χ1v) is 11.6. The second kappa shape index (κ2) is 9.50. The van der Waals surface area contributed by atoms with Gasteiger partial charge in [-0.2, -0.15) is 13.2 Å². The molecule has 0 spiro atoms. The van der Waals surface area contributed by atoms with Crippen LogP contribution in [0.25, 0.3) is 21.6 Å². The molecule has 0 saturated carbocycles. The normalized spacial score (nSPS) is 13.4. The number of alkyl halides is 3. The number of nitrogens with zero attached hydrogens (tertiary/aromatic N) is 3. The van der Waals surface area contributed by atoms with E-state index >= 15 is 0 Å². The molecule has 1 unspecified atom stereocenters. The molecule has 1 aromatic carbocycles. The van der Waals surface area contributed by atoms with Crippen LogP contribution in [0.2, 0.25) is 0 Å². The lowest BCUT2D eigenvalue weighted by atomic mass is 9.91. The topological polar surface area (TPSA) is 77.8 Å². The third kappa shape index (κ3) is 5.09. The Kier molecular flexibility index (Phi) is 6.65. The summed E-state index contributed by atoms with van der Waals surface area (Å²) in [7, 11) is 0. The van der Waals surface area contributed by atoms with Gasteiger partial charge in [-0.15, -0.1) is 11.3 Å². The quantitative estimate of drug-likeness (QED) is 0.281. The van der Waals surface area contributed by atoms with Crippen molar-refractivity contribution >= 4 is 33.8 Å². The number of aliphatic imine (C=N–C) groups is 1. The number of aromatic amines is 1. The minimum absolute atomic E-state index is 0.137. The fourth-order valence-electron chi connectivity index (χ4n) is 3.82. The Labute approximate surface area is 199 Å². The first kappa shape index (κ1) is 23.8. The van der Waals surface area contributed by atoms with Crippen LogP contribution in [-0.2, 0) is 19.1 Å². The largest absolute Gasteiger partial charge is 0.416 e. The number of pyridine rings is 1. The zero-order valence-electron chi connectivity index (χ0n) is 19.0. The van der Waals surface area contributed by atoms with E-state index in [2.05, 4.69) is 15.0 Å². The van der Waals surface area contributed by atoms with Gasteiger partial charge >= 0.3 is 6.18 Å². The van der Waals surface area contributed by atoms with Gasteiger partial charge < -0.3 is 10.4 Å². The zero-order chi connectivity index (χ0) is 24.5. The number of aryl methyl sites for hydroxylation is 1. The van der Waals surface area contributed by atoms with E-state index in [4.69, 9.17) is 10.4 Å². The summed E-state index contributed by atoms with van der Waals surface area (Å²) in [5.41, 5.74) is 4.08. The number of thiazole rings is 1. The predicted octanol–water partition coefficient (Wildman–Crippen LogP) is 6.87. The molecular weight excluding hydrogens is 459 g/mol. The minimum atomic E-state index is -4.36. The van der Waals surface area contributed by atoms with Crippen molar-refractivity contribution in [2.24, 2.45) is 10.9 Å². The summed E-state index contributed by atoms with van der Waals surface area (Å²) in [6, 6.07) is 8.96. The molecule has 0 bridgehead atoms. The molecule has 0 aliphatic rings. The second-order valence-corrected chi connectivity index (χ2v) is 9.30. The van der Waals surface area contributed by atoms with E-state index in [1.165, 1.54) is 23.5 Å². The average Bonchev–Trinajstić information content (AvgIpc) is 3.38. The third-order valence-electron chi connectivity index (χ3n) is 5.81. The van der Waals surface area contributed by atoms with Crippen molar-refractivity contribution in [2.45, 2.75) is 39.9 Å². The van der Waals surface area contributed by atoms with E-state index in [1.54, 1.807) is 13.1 Å². The molecule has 3 heterocycles. The Morgan fingerprint density at radius 3 is 2.59 bits per heavy atom. The van der Waals surface area contributed by atoms with Gasteiger partial charge in [0.2, 0.25) is 0 Å². The van der Waals surface area contributed by atoms with E-state index in [1.807, 2.05) is 32.2 Å². The third-order valence-corrected chi connectivity index (χ3v) is 7.00. The summed E-state index contributed by atoms with van der Waals surface area (Å²) in [4.78, 5) is 17.8. The van der Waals surface area contributed by atoms with Crippen LogP contribution >= 0.6 is 11.3 Å². The van der Waals surface area contributed by atoms with E-state index < -0.39 is 11.7 Å². The number of nitrogens with one attached hydrogen (secondary N) is 2. The van der Waals surface area contributed by atoms with E-state index in [0.29, 0.717) is 29.2 Å². The SMILES string of the molecule is CC(=N)C(Cc1c[nH]c2ncccc12)C(C)=NCc1sc(-c2ccc(C(F)(F)F)cc2)nc1C. The predicted molar refractivity (Wildman–Crippen MR) is 131 cm³/mol. The summed E-state index contributed by atoms with van der Waals surface area (Å²) >= 11 is 1.43. The van der Waals surface area contributed by atoms with Crippen LogP contribution < -0.4 is 0 Å². The van der Waals surface area contributed by atoms with E-state index in [-0.39, 0.29) is 5.92 Å². The van der Waals surface area contributed by atoms with Gasteiger partial charge in [0.05, 0.1) is 17.8 Å². The summed E-state index contributed by atoms with van der Waals surface area (Å²) in [6.45, 7) is 6.01. The molecule has 2 N–H and O–H groups in total. The Morgan fingerprint density at radius 2 is 1.91 bits per heavy atom. The molecule has 9 heteroatoms. The van der Waals surface area contributed by atoms with Crippen LogP contribution in [0.4, 0.5) is 13.2 Å². The van der Waals surface area contributed by atoms with Crippen molar-refractivity contribution in [1.82, 2.24) is 15.0 Å². The highest BCUT2D eigenvalue weighted by Crippen LogP contribution is 2.33. The monoisotopic (exact) mass is 483 g/mol. The first-order chi connectivity index (χ1) is 16.1. The smallest absolute Gasteiger partial charge is 0.346 e. The van der Waals surface area contributed by atoms with Gasteiger partial charge in [0.15, 0.2) is 0 Å². The van der Waals surface area contributed by atoms with Crippen molar-refractivity contribution in [3.63, 3.8) is 0 Å². The van der Waals surface area contributed by atoms with E-state index in [9.17, 15) is 13.2 Å². The maximum Gasteiger partial charge on any atom is 0.416 e. The highest BCUT2D eigenvalue weighted by molar-refractivity contribution is 7.15. The molecule has 0 fully saturated rings. The van der Waals surface area contributed by atoms with Crippen LogP contribution in [0.3, 0.4) is 0 Å². The van der Waals surface area contributed by atoms with Gasteiger partial charge in [0, 0.05) is 45.6 Å². The van der Waals surface area contributed by atoms with Crippen molar-refractivity contribution in [2.75, 3.05) is 0 Å². The van der Waals surface area contributed by atoms with Crippen LogP contribution in [0.1, 0.15) is 35.5 Å². The van der Waals surface area contributed by atoms with Crippen LogP contribution in [0.15, 0.2) is 53.8 Å². The molecule has 0 aliphatic heterocycles. The molecule has 0 amide bonds. The van der Waals surface area contributed by atoms with E-state index in [0.717, 1.165) is 45.0 Å². The Hall–Kier alpha value is -3.33. The summed E-state index contributed by atoms with van der Waals surface area (Å²) in [5.74, 6) is -0.137. The van der Waals surface area contributed by atoms with Gasteiger partial charge in [0.25, 0.3) is 0 Å². The number of aromatic nitrogens is 3. The number of rotatable bonds is 7. The van der Waals surface area contributed by atoms with Gasteiger partial charge in [0.1, 0.15) is 10.7 Å². The van der Waals surface area contributed by atoms with Crippen molar-refractivity contribution in [1.29, 1.82) is 5.41 Å². The Morgan fingerprint density at radius 1 is 1.18 bits per heavy atom. The Balaban J connectivity index is 1.51. The van der Waals surface area contributed by atoms with Crippen LogP contribution in [0, 0.1) is 18.3 Å². The number of hydrogen-bond acceptors (Lipinski definition) is 5. The van der Waals surface area contributed by atoms with Crippen molar-refractivity contribution in [3.8, 4) is 10.6 Å². The molecule has 176 valence electrons. The number of fused-ring (bicyclic) bond motifs is 1. The standard InChI is InChI=1S/C25H24F3N5S/c1-14(29)21(11-18-12-32-23-20(18)5-4-10-30-23)15(2)31-13-22-16(3)33-24(34-22)17-6-8-19(9-7-17)25(26,27)28/h4-10,12,21,29H,11,13H2,1-3H3,(H,30,32). The van der Waals surface area contributed by atoms with Gasteiger partial charge in [-0.05, 0) is 57.0 Å². The molecule has 4 aromatic rings. The molecule has 3 aromatic heterocycles. The van der Waals surface area contributed by atoms with Gasteiger partial charge in [-0.1, -0.05) is 12.1 Å². The lowest BCUT2D eigenvalue weighted by Gasteiger charge is -2.15. The van der Waals surface area contributed by atoms with Crippen molar-refractivity contribution in [3.05, 3.63) is 70.5 Å². The van der Waals surface area contributed by atoms with Gasteiger partial charge in [-0.25, -0.2) is 9.97 Å². The molecule has 0 radical (unpaired) electrons. The maximum absolute atomic E-state index is 12.8. The minimum Gasteiger partial charge on any atom is -0.346 e. The lowest BCUT2D eigenvalue weighted by Crippen LogP contribution is -2.22. The number of benzene rings is 1. The molecule has 34 heavy (non-hydrogen) atoms. The van der Waals surface area contributed by atoms with Crippen molar-refractivity contribution < 1.29 is 13.2 Å². The lowest BCUT2D eigenvalue weighted by molar-refractivity contribution is -0.137. The number of hydrogen-bond donors (Lipinski definition) is 2. The van der Waals surface area contributed by atoms with Gasteiger partial charge in [-0.3, -0.25) is 4.99 Å². The summed E-state index contributed by atoms with van der Waals surface area (Å²) in [5, 5.41) is 10.0. The molecule has 1 atom stereocenters. The molecule has 0 saturated heterocycles.